The van der Waals surface area contributed by atoms with Crippen molar-refractivity contribution in [3.05, 3.63) is 57.5 Å². The molecule has 3 rings (SSSR count). The Hall–Kier alpha value is -2.18. The lowest BCUT2D eigenvalue weighted by Gasteiger charge is -2.27. The van der Waals surface area contributed by atoms with Gasteiger partial charge in [-0.25, -0.2) is 5.10 Å². The summed E-state index contributed by atoms with van der Waals surface area (Å²) in [5, 5.41) is 10.4. The summed E-state index contributed by atoms with van der Waals surface area (Å²) in [6.45, 7) is 2.90. The fraction of sp³-hybridized carbons (Fsp3) is 0.312. The number of halogens is 1. The van der Waals surface area contributed by atoms with Crippen LogP contribution in [0.15, 0.2) is 46.4 Å². The molecule has 1 saturated heterocycles. The van der Waals surface area contributed by atoms with Crippen molar-refractivity contribution in [1.29, 1.82) is 0 Å². The molecular formula is C16H18ClN5O. The molecule has 1 aliphatic rings. The van der Waals surface area contributed by atoms with Gasteiger partial charge in [-0.2, -0.15) is 10.2 Å². The molecule has 1 aromatic heterocycles. The lowest BCUT2D eigenvalue weighted by Crippen LogP contribution is -2.33. The first-order valence-corrected chi connectivity index (χ1v) is 7.91. The Morgan fingerprint density at radius 2 is 2.00 bits per heavy atom. The predicted molar refractivity (Wildman–Crippen MR) is 91.9 cm³/mol. The summed E-state index contributed by atoms with van der Waals surface area (Å²) in [5.74, 6) is 0. The maximum atomic E-state index is 11.4. The van der Waals surface area contributed by atoms with Gasteiger partial charge < -0.3 is 0 Å². The van der Waals surface area contributed by atoms with Crippen LogP contribution in [0.4, 0.5) is 5.69 Å². The average molecular weight is 332 g/mol. The smallest absolute Gasteiger partial charge is 0.285 e. The van der Waals surface area contributed by atoms with Gasteiger partial charge in [0.05, 0.1) is 6.20 Å². The summed E-state index contributed by atoms with van der Waals surface area (Å²) in [6, 6.07) is 10.5. The van der Waals surface area contributed by atoms with E-state index < -0.39 is 5.56 Å². The second kappa shape index (κ2) is 7.39. The topological polar surface area (TPSA) is 73.4 Å². The highest BCUT2D eigenvalue weighted by Crippen LogP contribution is 2.16. The molecule has 2 N–H and O–H groups in total. The van der Waals surface area contributed by atoms with Gasteiger partial charge in [-0.05, 0) is 5.56 Å². The number of nitrogens with one attached hydrogen (secondary N) is 2. The van der Waals surface area contributed by atoms with Crippen molar-refractivity contribution in [2.24, 2.45) is 5.10 Å². The van der Waals surface area contributed by atoms with Gasteiger partial charge in [0.2, 0.25) is 0 Å². The number of aromatic amines is 1. The third-order valence-corrected chi connectivity index (χ3v) is 4.19. The van der Waals surface area contributed by atoms with Gasteiger partial charge >= 0.3 is 0 Å². The zero-order valence-electron chi connectivity index (χ0n) is 12.6. The summed E-state index contributed by atoms with van der Waals surface area (Å²) in [7, 11) is 0. The minimum atomic E-state index is -0.422. The van der Waals surface area contributed by atoms with Crippen LogP contribution in [-0.4, -0.2) is 33.9 Å². The molecule has 7 heteroatoms. The van der Waals surface area contributed by atoms with E-state index in [1.807, 2.05) is 6.07 Å². The summed E-state index contributed by atoms with van der Waals surface area (Å²) in [4.78, 5) is 13.8. The highest BCUT2D eigenvalue weighted by atomic mass is 35.5. The van der Waals surface area contributed by atoms with Crippen LogP contribution in [-0.2, 0) is 6.54 Å². The zero-order valence-corrected chi connectivity index (χ0v) is 13.4. The van der Waals surface area contributed by atoms with E-state index in [1.54, 1.807) is 0 Å². The zero-order chi connectivity index (χ0) is 16.1. The molecule has 0 atom stereocenters. The maximum Gasteiger partial charge on any atom is 0.285 e. The van der Waals surface area contributed by atoms with Crippen LogP contribution in [0, 0.1) is 0 Å². The van der Waals surface area contributed by atoms with Crippen molar-refractivity contribution >= 4 is 23.0 Å². The van der Waals surface area contributed by atoms with Gasteiger partial charge in [0.1, 0.15) is 10.7 Å². The van der Waals surface area contributed by atoms with E-state index in [0.717, 1.165) is 38.2 Å². The molecule has 0 aliphatic carbocycles. The molecule has 0 spiro atoms. The molecule has 1 fully saturated rings. The van der Waals surface area contributed by atoms with E-state index in [-0.39, 0.29) is 5.02 Å². The van der Waals surface area contributed by atoms with Gasteiger partial charge in [-0.3, -0.25) is 15.1 Å². The molecule has 0 amide bonds. The number of hydrogen-bond acceptors (Lipinski definition) is 5. The van der Waals surface area contributed by atoms with Crippen LogP contribution in [0.2, 0.25) is 5.02 Å². The van der Waals surface area contributed by atoms with E-state index >= 15 is 0 Å². The van der Waals surface area contributed by atoms with Crippen molar-refractivity contribution in [3.8, 4) is 0 Å². The average Bonchev–Trinajstić information content (AvgIpc) is 2.58. The van der Waals surface area contributed by atoms with Crippen molar-refractivity contribution in [2.45, 2.75) is 19.4 Å². The molecule has 0 bridgehead atoms. The largest absolute Gasteiger partial charge is 0.298 e. The fourth-order valence-electron chi connectivity index (χ4n) is 2.52. The second-order valence-electron chi connectivity index (χ2n) is 5.48. The number of benzene rings is 1. The molecule has 1 aromatic carbocycles. The maximum absolute atomic E-state index is 11.4. The summed E-state index contributed by atoms with van der Waals surface area (Å²) in [5.41, 5.74) is 5.25. The third kappa shape index (κ3) is 4.18. The van der Waals surface area contributed by atoms with E-state index in [4.69, 9.17) is 11.6 Å². The van der Waals surface area contributed by atoms with Crippen molar-refractivity contribution in [1.82, 2.24) is 15.1 Å². The van der Waals surface area contributed by atoms with Gasteiger partial charge in [0, 0.05) is 38.2 Å². The molecule has 0 unspecified atom stereocenters. The minimum Gasteiger partial charge on any atom is -0.298 e. The van der Waals surface area contributed by atoms with Crippen molar-refractivity contribution in [3.63, 3.8) is 0 Å². The van der Waals surface area contributed by atoms with Crippen LogP contribution in [0.25, 0.3) is 0 Å². The summed E-state index contributed by atoms with van der Waals surface area (Å²) >= 11 is 5.90. The molecular weight excluding hydrogens is 314 g/mol. The molecule has 23 heavy (non-hydrogen) atoms. The highest BCUT2D eigenvalue weighted by molar-refractivity contribution is 6.32. The number of hydrazone groups is 1. The lowest BCUT2D eigenvalue weighted by atomic mass is 10.1. The number of aromatic nitrogens is 2. The Morgan fingerprint density at radius 1 is 1.26 bits per heavy atom. The van der Waals surface area contributed by atoms with Gasteiger partial charge in [-0.15, -0.1) is 0 Å². The standard InChI is InChI=1S/C16H18ClN5O/c17-15-14(10-18-21-16(15)23)20-19-13-6-8-22(9-7-13)11-12-4-2-1-3-5-12/h1-5,10H,6-9,11H2,(H2,20,21,23). The number of piperidine rings is 1. The Bertz CT molecular complexity index is 734. The van der Waals surface area contributed by atoms with E-state index in [2.05, 4.69) is 49.9 Å². The SMILES string of the molecule is O=c1[nH]ncc(NN=C2CCN(Cc3ccccc3)CC2)c1Cl. The van der Waals surface area contributed by atoms with Crippen molar-refractivity contribution in [2.75, 3.05) is 18.5 Å². The molecule has 0 saturated carbocycles. The van der Waals surface area contributed by atoms with E-state index in [0.29, 0.717) is 5.69 Å². The first-order valence-electron chi connectivity index (χ1n) is 7.53. The predicted octanol–water partition coefficient (Wildman–Crippen LogP) is 2.49. The Labute approximate surface area is 139 Å². The van der Waals surface area contributed by atoms with Gasteiger partial charge in [-0.1, -0.05) is 41.9 Å². The molecule has 0 radical (unpaired) electrons. The first kappa shape index (κ1) is 15.7. The van der Waals surface area contributed by atoms with Crippen LogP contribution < -0.4 is 11.0 Å². The quantitative estimate of drug-likeness (QED) is 0.844. The van der Waals surface area contributed by atoms with Crippen LogP contribution in [0.1, 0.15) is 18.4 Å². The number of rotatable bonds is 4. The van der Waals surface area contributed by atoms with Crippen LogP contribution >= 0.6 is 11.6 Å². The minimum absolute atomic E-state index is 0.0749. The number of nitrogens with zero attached hydrogens (tertiary/aromatic N) is 3. The Balaban J connectivity index is 1.54. The monoisotopic (exact) mass is 331 g/mol. The van der Waals surface area contributed by atoms with Crippen LogP contribution in [0.5, 0.6) is 0 Å². The first-order chi connectivity index (χ1) is 11.2. The lowest BCUT2D eigenvalue weighted by molar-refractivity contribution is 0.266. The number of likely N-dealkylation sites (tertiary alicyclic amines) is 1. The summed E-state index contributed by atoms with van der Waals surface area (Å²) in [6.07, 6.45) is 3.25. The molecule has 2 heterocycles. The molecule has 6 nitrogen and oxygen atoms in total. The van der Waals surface area contributed by atoms with Crippen LogP contribution in [0.3, 0.4) is 0 Å². The molecule has 1 aliphatic heterocycles. The normalized spacial score (nSPS) is 15.4. The van der Waals surface area contributed by atoms with Gasteiger partial charge in [0.25, 0.3) is 5.56 Å². The number of hydrogen-bond donors (Lipinski definition) is 2. The van der Waals surface area contributed by atoms with Gasteiger partial charge in [0.15, 0.2) is 0 Å². The Morgan fingerprint density at radius 3 is 2.74 bits per heavy atom. The van der Waals surface area contributed by atoms with E-state index in [1.165, 1.54) is 11.8 Å². The Kier molecular flexibility index (Phi) is 5.05. The molecule has 120 valence electrons. The number of H-pyrrole nitrogens is 1. The number of anilines is 1. The second-order valence-corrected chi connectivity index (χ2v) is 5.86. The van der Waals surface area contributed by atoms with Crippen molar-refractivity contribution < 1.29 is 0 Å². The highest BCUT2D eigenvalue weighted by Gasteiger charge is 2.15. The van der Waals surface area contributed by atoms with E-state index in [9.17, 15) is 4.79 Å². The third-order valence-electron chi connectivity index (χ3n) is 3.81. The summed E-state index contributed by atoms with van der Waals surface area (Å²) < 4.78 is 0. The molecule has 2 aromatic rings. The fourth-order valence-corrected chi connectivity index (χ4v) is 2.66.